The van der Waals surface area contributed by atoms with E-state index in [0.717, 1.165) is 25.4 Å². The fraction of sp³-hybridized carbons (Fsp3) is 0.609. The van der Waals surface area contributed by atoms with Crippen LogP contribution in [0.4, 0.5) is 27.8 Å². The molecule has 0 radical (unpaired) electrons. The van der Waals surface area contributed by atoms with Crippen LogP contribution in [-0.4, -0.2) is 76.7 Å². The lowest BCUT2D eigenvalue weighted by Crippen LogP contribution is -2.47. The Balaban J connectivity index is 1.86. The first-order chi connectivity index (χ1) is 18.4. The summed E-state index contributed by atoms with van der Waals surface area (Å²) in [7, 11) is -3.26. The van der Waals surface area contributed by atoms with Crippen LogP contribution < -0.4 is 15.4 Å². The number of sulfone groups is 1. The quantitative estimate of drug-likeness (QED) is 0.340. The second-order valence-electron chi connectivity index (χ2n) is 9.61. The molecule has 1 aliphatic carbocycles. The lowest BCUT2D eigenvalue weighted by atomic mass is 9.84. The van der Waals surface area contributed by atoms with E-state index in [1.807, 2.05) is 0 Å². The first-order valence-corrected chi connectivity index (χ1v) is 14.5. The van der Waals surface area contributed by atoms with Crippen molar-refractivity contribution in [2.24, 2.45) is 0 Å². The summed E-state index contributed by atoms with van der Waals surface area (Å²) in [5.41, 5.74) is -1.84. The fourth-order valence-electron chi connectivity index (χ4n) is 4.32. The van der Waals surface area contributed by atoms with E-state index in [4.69, 9.17) is 11.6 Å². The molecule has 2 aromatic heterocycles. The molecular weight excluding hydrogens is 589 g/mol. The molecule has 17 heteroatoms. The zero-order valence-corrected chi connectivity index (χ0v) is 23.3. The number of amides is 1. The number of pyridine rings is 1. The van der Waals surface area contributed by atoms with Crippen molar-refractivity contribution in [3.05, 3.63) is 23.0 Å². The third-order valence-corrected chi connectivity index (χ3v) is 8.69. The number of anilines is 1. The van der Waals surface area contributed by atoms with Gasteiger partial charge in [0.1, 0.15) is 27.4 Å². The van der Waals surface area contributed by atoms with Crippen molar-refractivity contribution in [3.8, 4) is 17.0 Å². The largest absolute Gasteiger partial charge is 0.434 e. The summed E-state index contributed by atoms with van der Waals surface area (Å²) >= 11 is 6.45. The monoisotopic (exact) mass is 617 g/mol. The number of aryl methyl sites for hydroxylation is 1. The van der Waals surface area contributed by atoms with Crippen LogP contribution in [0.15, 0.2) is 12.3 Å². The van der Waals surface area contributed by atoms with Gasteiger partial charge in [-0.05, 0) is 39.5 Å². The molecule has 2 aromatic rings. The number of hydrogen-bond donors (Lipinski definition) is 3. The number of hydrogen-bond acceptors (Lipinski definition) is 8. The van der Waals surface area contributed by atoms with E-state index in [1.165, 1.54) is 4.68 Å². The summed E-state index contributed by atoms with van der Waals surface area (Å²) < 4.78 is 94.5. The maximum Gasteiger partial charge on any atom is 0.408 e. The first kappa shape index (κ1) is 31.8. The van der Waals surface area contributed by atoms with Crippen LogP contribution in [0.5, 0.6) is 5.75 Å². The molecule has 2 heterocycles. The second kappa shape index (κ2) is 12.0. The third-order valence-electron chi connectivity index (χ3n) is 6.65. The third kappa shape index (κ3) is 7.51. The number of carbonyl (C=O) groups is 1. The average molecular weight is 618 g/mol. The molecule has 1 unspecified atom stereocenters. The summed E-state index contributed by atoms with van der Waals surface area (Å²) in [6.07, 6.45) is -1.78. The number of rotatable bonds is 10. The molecule has 40 heavy (non-hydrogen) atoms. The number of ether oxygens (including phenoxy) is 1. The van der Waals surface area contributed by atoms with Gasteiger partial charge in [0.25, 0.3) is 5.91 Å². The Kier molecular flexibility index (Phi) is 9.56. The minimum Gasteiger partial charge on any atom is -0.434 e. The van der Waals surface area contributed by atoms with E-state index < -0.39 is 51.2 Å². The van der Waals surface area contributed by atoms with E-state index in [2.05, 4.69) is 25.5 Å². The van der Waals surface area contributed by atoms with Gasteiger partial charge in [0.2, 0.25) is 0 Å². The highest BCUT2D eigenvalue weighted by molar-refractivity contribution is 7.91. The normalized spacial score (nSPS) is 20.8. The SMILES string of the molecule is CCn1nc(C(=O)NCC2(O)CCC(S(C)(=O)=O)CC2)c(Cl)c1-c1cnc(NC(C)C(F)(F)F)cc1OC(F)F. The molecule has 1 saturated carbocycles. The predicted molar refractivity (Wildman–Crippen MR) is 136 cm³/mol. The minimum atomic E-state index is -4.63. The van der Waals surface area contributed by atoms with Crippen LogP contribution in [0, 0.1) is 0 Å². The molecule has 1 amide bonds. The summed E-state index contributed by atoms with van der Waals surface area (Å²) in [4.78, 5) is 16.8. The number of halogens is 6. The van der Waals surface area contributed by atoms with Gasteiger partial charge in [-0.2, -0.15) is 27.1 Å². The molecule has 224 valence electrons. The molecule has 3 rings (SSSR count). The molecule has 1 aliphatic rings. The molecule has 0 aliphatic heterocycles. The first-order valence-electron chi connectivity index (χ1n) is 12.2. The van der Waals surface area contributed by atoms with Gasteiger partial charge in [-0.25, -0.2) is 13.4 Å². The van der Waals surface area contributed by atoms with E-state index in [0.29, 0.717) is 0 Å². The molecule has 1 atom stereocenters. The van der Waals surface area contributed by atoms with Crippen molar-refractivity contribution in [2.75, 3.05) is 18.1 Å². The molecular formula is C23H29ClF5N5O5S. The summed E-state index contributed by atoms with van der Waals surface area (Å²) in [6.45, 7) is -0.999. The van der Waals surface area contributed by atoms with Crippen LogP contribution in [0.2, 0.25) is 5.02 Å². The maximum absolute atomic E-state index is 13.2. The van der Waals surface area contributed by atoms with Crippen LogP contribution in [0.25, 0.3) is 11.3 Å². The summed E-state index contributed by atoms with van der Waals surface area (Å²) in [6, 6.07) is -1.18. The Labute approximate surface area is 232 Å². The Bertz CT molecular complexity index is 1330. The Morgan fingerprint density at radius 2 is 1.95 bits per heavy atom. The number of carbonyl (C=O) groups excluding carboxylic acids is 1. The molecule has 0 saturated heterocycles. The summed E-state index contributed by atoms with van der Waals surface area (Å²) in [5.74, 6) is -1.74. The van der Waals surface area contributed by atoms with Crippen molar-refractivity contribution in [3.63, 3.8) is 0 Å². The van der Waals surface area contributed by atoms with Crippen LogP contribution in [0.1, 0.15) is 50.0 Å². The van der Waals surface area contributed by atoms with E-state index in [1.54, 1.807) is 6.92 Å². The molecule has 0 aromatic carbocycles. The zero-order valence-electron chi connectivity index (χ0n) is 21.7. The predicted octanol–water partition coefficient (Wildman–Crippen LogP) is 4.03. The van der Waals surface area contributed by atoms with Gasteiger partial charge in [-0.15, -0.1) is 0 Å². The topological polar surface area (TPSA) is 135 Å². The van der Waals surface area contributed by atoms with Gasteiger partial charge in [-0.3, -0.25) is 9.48 Å². The highest BCUT2D eigenvalue weighted by Gasteiger charge is 2.38. The average Bonchev–Trinajstić information content (AvgIpc) is 3.17. The van der Waals surface area contributed by atoms with Gasteiger partial charge >= 0.3 is 12.8 Å². The van der Waals surface area contributed by atoms with E-state index >= 15 is 0 Å². The van der Waals surface area contributed by atoms with Gasteiger partial charge < -0.3 is 20.5 Å². The highest BCUT2D eigenvalue weighted by Crippen LogP contribution is 2.39. The maximum atomic E-state index is 13.2. The molecule has 1 fully saturated rings. The Morgan fingerprint density at radius 3 is 2.48 bits per heavy atom. The van der Waals surface area contributed by atoms with Gasteiger partial charge in [0.15, 0.2) is 5.69 Å². The van der Waals surface area contributed by atoms with Crippen LogP contribution in [-0.2, 0) is 16.4 Å². The van der Waals surface area contributed by atoms with Crippen molar-refractivity contribution in [1.29, 1.82) is 0 Å². The smallest absolute Gasteiger partial charge is 0.408 e. The molecule has 0 spiro atoms. The number of alkyl halides is 5. The lowest BCUT2D eigenvalue weighted by Gasteiger charge is -2.35. The minimum absolute atomic E-state index is 0.0414. The lowest BCUT2D eigenvalue weighted by molar-refractivity contribution is -0.138. The Morgan fingerprint density at radius 1 is 1.32 bits per heavy atom. The van der Waals surface area contributed by atoms with Crippen LogP contribution in [0.3, 0.4) is 0 Å². The number of aromatic nitrogens is 3. The summed E-state index contributed by atoms with van der Waals surface area (Å²) in [5, 5.41) is 18.7. The number of nitrogens with zero attached hydrogens (tertiary/aromatic N) is 3. The van der Waals surface area contributed by atoms with Crippen molar-refractivity contribution in [2.45, 2.75) is 75.8 Å². The Hall–Kier alpha value is -2.72. The fourth-order valence-corrected chi connectivity index (χ4v) is 5.74. The van der Waals surface area contributed by atoms with Gasteiger partial charge in [0.05, 0.1) is 27.1 Å². The van der Waals surface area contributed by atoms with Crippen molar-refractivity contribution >= 4 is 33.2 Å². The standard InChI is InChI=1S/C23H29ClF5N5O5S/c1-4-34-19(14-10-30-16(9-15(14)39-21(25)26)32-12(2)23(27,28)29)17(24)18(33-34)20(35)31-11-22(36)7-5-13(6-8-22)40(3,37)38/h9-10,12-13,21,36H,4-8,11H2,1-3H3,(H,30,32)(H,31,35). The molecule has 3 N–H and O–H groups in total. The number of nitrogens with one attached hydrogen (secondary N) is 2. The van der Waals surface area contributed by atoms with Crippen molar-refractivity contribution < 1.29 is 45.0 Å². The molecule has 0 bridgehead atoms. The van der Waals surface area contributed by atoms with E-state index in [9.17, 15) is 40.3 Å². The van der Waals surface area contributed by atoms with Gasteiger partial charge in [0, 0.05) is 31.6 Å². The van der Waals surface area contributed by atoms with E-state index in [-0.39, 0.29) is 66.6 Å². The zero-order chi connectivity index (χ0) is 30.0. The highest BCUT2D eigenvalue weighted by atomic mass is 35.5. The number of aliphatic hydroxyl groups is 1. The van der Waals surface area contributed by atoms with Crippen LogP contribution >= 0.6 is 11.6 Å². The molecule has 10 nitrogen and oxygen atoms in total. The van der Waals surface area contributed by atoms with Crippen molar-refractivity contribution in [1.82, 2.24) is 20.1 Å². The second-order valence-corrected chi connectivity index (χ2v) is 12.3. The van der Waals surface area contributed by atoms with Gasteiger partial charge in [-0.1, -0.05) is 11.6 Å².